The zero-order valence-electron chi connectivity index (χ0n) is 16.2. The minimum absolute atomic E-state index is 0.0471. The van der Waals surface area contributed by atoms with Gasteiger partial charge in [0.2, 0.25) is 0 Å². The molecule has 0 bridgehead atoms. The quantitative estimate of drug-likeness (QED) is 0.386. The number of anilines is 2. The van der Waals surface area contributed by atoms with Crippen molar-refractivity contribution in [2.24, 2.45) is 0 Å². The minimum atomic E-state index is -3.87. The summed E-state index contributed by atoms with van der Waals surface area (Å²) in [6, 6.07) is 22.0. The van der Waals surface area contributed by atoms with Gasteiger partial charge in [0.25, 0.3) is 10.0 Å². The third-order valence-electron chi connectivity index (χ3n) is 4.57. The molecule has 0 saturated carbocycles. The van der Waals surface area contributed by atoms with Gasteiger partial charge in [-0.25, -0.2) is 18.4 Å². The molecule has 0 aliphatic carbocycles. The average molecular weight is 455 g/mol. The molecule has 158 valence electrons. The topological polar surface area (TPSA) is 104 Å². The molecule has 9 heteroatoms. The number of fused-ring (bicyclic) bond motifs is 1. The number of rotatable bonds is 7. The Labute approximate surface area is 184 Å². The van der Waals surface area contributed by atoms with Crippen molar-refractivity contribution in [3.8, 4) is 0 Å². The molecule has 7 nitrogen and oxygen atoms in total. The smallest absolute Gasteiger partial charge is 0.263 e. The summed E-state index contributed by atoms with van der Waals surface area (Å²) in [7, 11) is -3.87. The van der Waals surface area contributed by atoms with Crippen LogP contribution in [0, 0.1) is 0 Å². The Bertz CT molecular complexity index is 1300. The number of hydrogen-bond donors (Lipinski definition) is 3. The molecule has 0 aliphatic rings. The molecule has 1 aromatic heterocycles. The van der Waals surface area contributed by atoms with Gasteiger partial charge in [0.05, 0.1) is 22.0 Å². The highest BCUT2D eigenvalue weighted by Gasteiger charge is 2.19. The van der Waals surface area contributed by atoms with Crippen molar-refractivity contribution in [2.75, 3.05) is 16.6 Å². The van der Waals surface area contributed by atoms with Gasteiger partial charge < -0.3 is 10.4 Å². The predicted molar refractivity (Wildman–Crippen MR) is 122 cm³/mol. The fourth-order valence-corrected chi connectivity index (χ4v) is 4.13. The van der Waals surface area contributed by atoms with Crippen LogP contribution in [0.2, 0.25) is 5.02 Å². The fraction of sp³-hybridized carbons (Fsp3) is 0.0909. The van der Waals surface area contributed by atoms with Crippen LogP contribution < -0.4 is 10.0 Å². The molecule has 0 unspecified atom stereocenters. The van der Waals surface area contributed by atoms with Crippen molar-refractivity contribution >= 4 is 44.3 Å². The number of nitrogens with one attached hydrogen (secondary N) is 2. The highest BCUT2D eigenvalue weighted by Crippen LogP contribution is 2.25. The summed E-state index contributed by atoms with van der Waals surface area (Å²) >= 11 is 5.90. The first-order valence-corrected chi connectivity index (χ1v) is 11.3. The van der Waals surface area contributed by atoms with E-state index < -0.39 is 16.1 Å². The number of benzene rings is 3. The van der Waals surface area contributed by atoms with Gasteiger partial charge >= 0.3 is 0 Å². The Morgan fingerprint density at radius 2 is 1.42 bits per heavy atom. The van der Waals surface area contributed by atoms with Crippen molar-refractivity contribution in [3.05, 3.63) is 89.4 Å². The number of sulfonamides is 1. The van der Waals surface area contributed by atoms with E-state index in [9.17, 15) is 13.5 Å². The maximum Gasteiger partial charge on any atom is 0.263 e. The Morgan fingerprint density at radius 3 is 2.06 bits per heavy atom. The number of aliphatic hydroxyl groups excluding tert-OH is 1. The summed E-state index contributed by atoms with van der Waals surface area (Å²) in [5.74, 6) is 0.261. The Morgan fingerprint density at radius 1 is 0.839 bits per heavy atom. The molecule has 4 rings (SSSR count). The molecule has 3 aromatic carbocycles. The molecule has 0 amide bonds. The highest BCUT2D eigenvalue weighted by molar-refractivity contribution is 7.92. The second kappa shape index (κ2) is 8.89. The van der Waals surface area contributed by atoms with Gasteiger partial charge in [-0.15, -0.1) is 0 Å². The largest absolute Gasteiger partial charge is 0.387 e. The van der Waals surface area contributed by atoms with Gasteiger partial charge in [0, 0.05) is 11.6 Å². The lowest BCUT2D eigenvalue weighted by molar-refractivity contribution is 0.191. The number of halogens is 1. The molecule has 0 aliphatic heterocycles. The van der Waals surface area contributed by atoms with Crippen molar-refractivity contribution < 1.29 is 13.5 Å². The molecule has 1 heterocycles. The highest BCUT2D eigenvalue weighted by atomic mass is 35.5. The van der Waals surface area contributed by atoms with E-state index in [-0.39, 0.29) is 23.1 Å². The maximum atomic E-state index is 12.8. The second-order valence-corrected chi connectivity index (χ2v) is 8.90. The zero-order valence-corrected chi connectivity index (χ0v) is 17.8. The molecule has 0 spiro atoms. The zero-order chi connectivity index (χ0) is 21.8. The Balaban J connectivity index is 1.64. The molecule has 31 heavy (non-hydrogen) atoms. The lowest BCUT2D eigenvalue weighted by Crippen LogP contribution is -2.18. The molecule has 4 aromatic rings. The van der Waals surface area contributed by atoms with Crippen LogP contribution in [-0.4, -0.2) is 30.0 Å². The SMILES string of the molecule is O=S(=O)(Nc1nc2ccccc2nc1NC[C@H](O)c1ccc(Cl)cc1)c1ccccc1. The number of nitrogens with zero attached hydrogens (tertiary/aromatic N) is 2. The van der Waals surface area contributed by atoms with Crippen molar-refractivity contribution in [3.63, 3.8) is 0 Å². The van der Waals surface area contributed by atoms with E-state index >= 15 is 0 Å². The van der Waals surface area contributed by atoms with E-state index in [1.807, 2.05) is 6.07 Å². The molecule has 0 radical (unpaired) electrons. The van der Waals surface area contributed by atoms with Crippen LogP contribution >= 0.6 is 11.6 Å². The molecular formula is C22H19ClN4O3S. The van der Waals surface area contributed by atoms with Crippen molar-refractivity contribution in [1.82, 2.24) is 9.97 Å². The normalized spacial score (nSPS) is 12.5. The first-order chi connectivity index (χ1) is 14.9. The van der Waals surface area contributed by atoms with E-state index in [2.05, 4.69) is 20.0 Å². The lowest BCUT2D eigenvalue weighted by atomic mass is 10.1. The molecule has 0 saturated heterocycles. The van der Waals surface area contributed by atoms with Crippen LogP contribution in [0.4, 0.5) is 11.6 Å². The number of aliphatic hydroxyl groups is 1. The first kappa shape index (κ1) is 21.0. The molecule has 3 N–H and O–H groups in total. The van der Waals surface area contributed by atoms with Gasteiger partial charge in [-0.05, 0) is 42.0 Å². The van der Waals surface area contributed by atoms with Crippen molar-refractivity contribution in [1.29, 1.82) is 0 Å². The van der Waals surface area contributed by atoms with Crippen LogP contribution in [0.5, 0.6) is 0 Å². The van der Waals surface area contributed by atoms with E-state index in [1.54, 1.807) is 60.7 Å². The van der Waals surface area contributed by atoms with Crippen LogP contribution in [0.1, 0.15) is 11.7 Å². The first-order valence-electron chi connectivity index (χ1n) is 9.44. The van der Waals surface area contributed by atoms with E-state index in [1.165, 1.54) is 12.1 Å². The van der Waals surface area contributed by atoms with Crippen molar-refractivity contribution in [2.45, 2.75) is 11.0 Å². The third kappa shape index (κ3) is 4.93. The monoisotopic (exact) mass is 454 g/mol. The number of hydrogen-bond acceptors (Lipinski definition) is 6. The standard InChI is InChI=1S/C22H19ClN4O3S/c23-16-12-10-15(11-13-16)20(28)14-24-21-22(26-19-9-5-4-8-18(19)25-21)27-31(29,30)17-6-2-1-3-7-17/h1-13,20,28H,14H2,(H,24,25)(H,26,27)/t20-/m0/s1. The predicted octanol–water partition coefficient (Wildman–Crippen LogP) is 4.23. The fourth-order valence-electron chi connectivity index (χ4n) is 2.98. The van der Waals surface area contributed by atoms with Crippen LogP contribution in [-0.2, 0) is 10.0 Å². The second-order valence-electron chi connectivity index (χ2n) is 6.78. The van der Waals surface area contributed by atoms with Gasteiger partial charge in [-0.3, -0.25) is 4.72 Å². The molecule has 0 fully saturated rings. The molecule has 1 atom stereocenters. The summed E-state index contributed by atoms with van der Waals surface area (Å²) in [6.07, 6.45) is -0.857. The summed E-state index contributed by atoms with van der Waals surface area (Å²) in [6.45, 7) is 0.0920. The third-order valence-corrected chi connectivity index (χ3v) is 6.18. The van der Waals surface area contributed by atoms with Crippen LogP contribution in [0.25, 0.3) is 11.0 Å². The maximum absolute atomic E-state index is 12.8. The Hall–Kier alpha value is -3.20. The minimum Gasteiger partial charge on any atom is -0.387 e. The van der Waals surface area contributed by atoms with E-state index in [0.717, 1.165) is 0 Å². The summed E-state index contributed by atoms with van der Waals surface area (Å²) in [5, 5.41) is 14.1. The van der Waals surface area contributed by atoms with Gasteiger partial charge in [0.15, 0.2) is 11.6 Å². The summed E-state index contributed by atoms with van der Waals surface area (Å²) in [5.41, 5.74) is 1.79. The van der Waals surface area contributed by atoms with Gasteiger partial charge in [0.1, 0.15) is 0 Å². The summed E-state index contributed by atoms with van der Waals surface area (Å²) < 4.78 is 28.1. The van der Waals surface area contributed by atoms with E-state index in [4.69, 9.17) is 11.6 Å². The van der Waals surface area contributed by atoms with Gasteiger partial charge in [-0.2, -0.15) is 0 Å². The summed E-state index contributed by atoms with van der Waals surface area (Å²) in [4.78, 5) is 9.04. The van der Waals surface area contributed by atoms with Crippen LogP contribution in [0.3, 0.4) is 0 Å². The number of aromatic nitrogens is 2. The van der Waals surface area contributed by atoms with Crippen LogP contribution in [0.15, 0.2) is 83.8 Å². The van der Waals surface area contributed by atoms with Gasteiger partial charge in [-0.1, -0.05) is 54.1 Å². The number of para-hydroxylation sites is 2. The Kier molecular flexibility index (Phi) is 6.03. The molecular weight excluding hydrogens is 436 g/mol. The van der Waals surface area contributed by atoms with E-state index in [0.29, 0.717) is 21.6 Å². The lowest BCUT2D eigenvalue weighted by Gasteiger charge is -2.16. The average Bonchev–Trinajstić information content (AvgIpc) is 2.78.